The van der Waals surface area contributed by atoms with Gasteiger partial charge in [-0.2, -0.15) is 0 Å². The number of aliphatic carboxylic acids is 1. The molecule has 0 heterocycles. The first-order valence-electron chi connectivity index (χ1n) is 20.2. The van der Waals surface area contributed by atoms with Crippen LogP contribution in [0.15, 0.2) is 0 Å². The fourth-order valence-corrected chi connectivity index (χ4v) is 12.3. The van der Waals surface area contributed by atoms with E-state index in [4.69, 9.17) is 5.11 Å². The Morgan fingerprint density at radius 1 is 0.349 bits per heavy atom. The zero-order valence-corrected chi connectivity index (χ0v) is 31.9. The standard InChI is InChI=1S/C32H69P.C8H16O2/c1-5-9-13-17-18-19-20-21-22-23-24-28-32-33(29-25-14-10-6-2,30-26-15-11-7-3)31-27-16-12-8-4;1-2-3-4-5-6-7-8(9)10/h33H,5-32H2,1-4H3;2-7H2,1H3,(H,9,10). The molecule has 0 aromatic carbocycles. The molecule has 0 unspecified atom stereocenters. The van der Waals surface area contributed by atoms with Crippen LogP contribution < -0.4 is 0 Å². The first kappa shape index (κ1) is 45.0. The van der Waals surface area contributed by atoms with Crippen molar-refractivity contribution in [3.8, 4) is 0 Å². The molecule has 0 aliphatic rings. The van der Waals surface area contributed by atoms with Gasteiger partial charge < -0.3 is 5.11 Å². The van der Waals surface area contributed by atoms with Gasteiger partial charge >= 0.3 is 206 Å². The normalized spacial score (nSPS) is 11.8. The molecule has 0 aromatic rings. The van der Waals surface area contributed by atoms with E-state index in [-0.39, 0.29) is 0 Å². The van der Waals surface area contributed by atoms with Crippen molar-refractivity contribution in [2.24, 2.45) is 0 Å². The number of carbonyl (C=O) groups is 1. The molecule has 43 heavy (non-hydrogen) atoms. The summed E-state index contributed by atoms with van der Waals surface area (Å²) < 4.78 is 0. The third kappa shape index (κ3) is 36.2. The second-order valence-electron chi connectivity index (χ2n) is 14.1. The molecular weight excluding hydrogens is 543 g/mol. The summed E-state index contributed by atoms with van der Waals surface area (Å²) in [6.07, 6.45) is 48.2. The first-order valence-corrected chi connectivity index (χ1v) is 23.1. The second-order valence-corrected chi connectivity index (χ2v) is 19.1. The summed E-state index contributed by atoms with van der Waals surface area (Å²) in [5.41, 5.74) is 0. The Kier molecular flexibility index (Phi) is 39.9. The Morgan fingerprint density at radius 2 is 0.558 bits per heavy atom. The van der Waals surface area contributed by atoms with E-state index in [1.54, 1.807) is 50.3 Å². The van der Waals surface area contributed by atoms with E-state index >= 15 is 0 Å². The molecule has 262 valence electrons. The van der Waals surface area contributed by atoms with Crippen LogP contribution in [-0.2, 0) is 4.79 Å². The van der Waals surface area contributed by atoms with Gasteiger partial charge in [-0.1, -0.05) is 46.0 Å². The molecule has 2 nitrogen and oxygen atoms in total. The van der Waals surface area contributed by atoms with Crippen molar-refractivity contribution in [3.05, 3.63) is 0 Å². The Bertz CT molecular complexity index is 489. The average Bonchev–Trinajstić information content (AvgIpc) is 3.00. The molecule has 0 atom stereocenters. The average molecular weight is 629 g/mol. The molecule has 3 heteroatoms. The van der Waals surface area contributed by atoms with Gasteiger partial charge in [0, 0.05) is 6.42 Å². The molecule has 0 rings (SSSR count). The molecule has 0 spiro atoms. The molecule has 0 bridgehead atoms. The van der Waals surface area contributed by atoms with Gasteiger partial charge in [0.1, 0.15) is 0 Å². The van der Waals surface area contributed by atoms with Gasteiger partial charge in [-0.3, -0.25) is 4.79 Å². The number of hydrogen-bond acceptors (Lipinski definition) is 1. The topological polar surface area (TPSA) is 37.3 Å². The molecule has 0 saturated heterocycles. The van der Waals surface area contributed by atoms with E-state index in [1.807, 2.05) is 0 Å². The van der Waals surface area contributed by atoms with E-state index in [0.29, 0.717) is 6.42 Å². The van der Waals surface area contributed by atoms with Crippen LogP contribution in [0.3, 0.4) is 0 Å². The predicted octanol–water partition coefficient (Wildman–Crippen LogP) is 14.6. The number of hydrogen-bond donors (Lipinski definition) is 1. The van der Waals surface area contributed by atoms with Gasteiger partial charge in [0.15, 0.2) is 0 Å². The number of unbranched alkanes of at least 4 members (excludes halogenated alkanes) is 24. The Labute approximate surface area is 274 Å². The molecule has 0 radical (unpaired) electrons. The summed E-state index contributed by atoms with van der Waals surface area (Å²) >= 11 is 0. The van der Waals surface area contributed by atoms with Gasteiger partial charge in [-0.15, -0.1) is 0 Å². The van der Waals surface area contributed by atoms with Gasteiger partial charge in [0.2, 0.25) is 0 Å². The molecule has 0 fully saturated rings. The molecule has 0 amide bonds. The third-order valence-electron chi connectivity index (χ3n) is 9.74. The van der Waals surface area contributed by atoms with Crippen molar-refractivity contribution in [1.29, 1.82) is 0 Å². The Morgan fingerprint density at radius 3 is 0.814 bits per heavy atom. The summed E-state index contributed by atoms with van der Waals surface area (Å²) in [6.45, 7) is 11.6. The zero-order valence-electron chi connectivity index (χ0n) is 30.9. The summed E-state index contributed by atoms with van der Waals surface area (Å²) in [6, 6.07) is 0. The van der Waals surface area contributed by atoms with E-state index in [0.717, 1.165) is 12.8 Å². The van der Waals surface area contributed by atoms with Crippen LogP contribution in [0.25, 0.3) is 0 Å². The summed E-state index contributed by atoms with van der Waals surface area (Å²) in [4.78, 5) is 10.0. The molecule has 0 saturated carbocycles. The van der Waals surface area contributed by atoms with Gasteiger partial charge in [-0.05, 0) is 6.42 Å². The van der Waals surface area contributed by atoms with Crippen LogP contribution in [0.5, 0.6) is 0 Å². The van der Waals surface area contributed by atoms with Crippen molar-refractivity contribution in [1.82, 2.24) is 0 Å². The molecule has 0 aliphatic heterocycles. The number of carboxylic acids is 1. The van der Waals surface area contributed by atoms with E-state index in [2.05, 4.69) is 34.6 Å². The minimum atomic E-state index is -1.04. The Hall–Kier alpha value is -0.100. The van der Waals surface area contributed by atoms with Crippen molar-refractivity contribution < 1.29 is 9.90 Å². The van der Waals surface area contributed by atoms with Crippen LogP contribution in [0, 0.1) is 0 Å². The number of carboxylic acid groups (broad SMARTS) is 1. The molecule has 0 aromatic heterocycles. The van der Waals surface area contributed by atoms with Crippen LogP contribution in [-0.4, -0.2) is 35.7 Å². The van der Waals surface area contributed by atoms with E-state index in [9.17, 15) is 4.79 Å². The van der Waals surface area contributed by atoms with E-state index in [1.165, 1.54) is 148 Å². The first-order chi connectivity index (χ1) is 21.0. The maximum absolute atomic E-state index is 10.0. The Balaban J connectivity index is 0. The van der Waals surface area contributed by atoms with Crippen molar-refractivity contribution in [3.63, 3.8) is 0 Å². The van der Waals surface area contributed by atoms with Crippen LogP contribution in [0.4, 0.5) is 0 Å². The van der Waals surface area contributed by atoms with Gasteiger partial charge in [0.05, 0.1) is 0 Å². The van der Waals surface area contributed by atoms with Crippen molar-refractivity contribution in [2.75, 3.05) is 24.6 Å². The van der Waals surface area contributed by atoms with Crippen molar-refractivity contribution in [2.45, 2.75) is 227 Å². The van der Waals surface area contributed by atoms with Crippen LogP contribution in [0.1, 0.15) is 227 Å². The van der Waals surface area contributed by atoms with Crippen LogP contribution in [0.2, 0.25) is 0 Å². The minimum absolute atomic E-state index is 0.337. The fraction of sp³-hybridized carbons (Fsp3) is 0.975. The second kappa shape index (κ2) is 38.1. The predicted molar refractivity (Wildman–Crippen MR) is 202 cm³/mol. The number of rotatable bonds is 34. The summed E-state index contributed by atoms with van der Waals surface area (Å²) in [5, 5.41) is 8.27. The molecule has 0 aliphatic carbocycles. The quantitative estimate of drug-likeness (QED) is 0.0568. The summed E-state index contributed by atoms with van der Waals surface area (Å²) in [7, 11) is -1.04. The van der Waals surface area contributed by atoms with E-state index < -0.39 is 13.2 Å². The van der Waals surface area contributed by atoms with Crippen LogP contribution >= 0.6 is 7.26 Å². The summed E-state index contributed by atoms with van der Waals surface area (Å²) in [5.74, 6) is -0.670. The zero-order chi connectivity index (χ0) is 32.1. The fourth-order valence-electron chi connectivity index (χ4n) is 6.75. The van der Waals surface area contributed by atoms with Gasteiger partial charge in [-0.25, -0.2) is 0 Å². The third-order valence-corrected chi connectivity index (χ3v) is 15.4. The van der Waals surface area contributed by atoms with Crippen molar-refractivity contribution >= 4 is 13.2 Å². The molecule has 1 N–H and O–H groups in total. The molecular formula is C40H85O2P. The SMILES string of the molecule is CCCCCCCC(=O)O.CCCCCCCCCCCCCC[PH](CCCCCC)(CCCCCC)CCCCCC. The maximum atomic E-state index is 10.0. The van der Waals surface area contributed by atoms with Gasteiger partial charge in [0.25, 0.3) is 0 Å². The monoisotopic (exact) mass is 629 g/mol.